The van der Waals surface area contributed by atoms with Crippen LogP contribution in [0.15, 0.2) is 23.4 Å². The molecule has 0 saturated heterocycles. The molecule has 1 aromatic heterocycles. The maximum atomic E-state index is 5.67. The molecule has 0 fully saturated rings. The highest BCUT2D eigenvalue weighted by atomic mass is 32.2. The molecule has 0 radical (unpaired) electrons. The molecule has 0 aliphatic carbocycles. The van der Waals surface area contributed by atoms with Crippen molar-refractivity contribution in [2.24, 2.45) is 7.05 Å². The number of aromatic nitrogens is 4. The molecule has 0 saturated carbocycles. The molecule has 1 N–H and O–H groups in total. The maximum Gasteiger partial charge on any atom is 0.209 e. The third kappa shape index (κ3) is 5.68. The van der Waals surface area contributed by atoms with Crippen LogP contribution >= 0.6 is 11.8 Å². The molecule has 0 amide bonds. The number of benzene rings is 1. The van der Waals surface area contributed by atoms with Gasteiger partial charge in [0.25, 0.3) is 0 Å². The number of nitrogens with one attached hydrogen (secondary N) is 1. The Balaban J connectivity index is 1.69. The quantitative estimate of drug-likeness (QED) is 0.492. The summed E-state index contributed by atoms with van der Waals surface area (Å²) >= 11 is 1.67. The van der Waals surface area contributed by atoms with Gasteiger partial charge in [0.1, 0.15) is 0 Å². The summed E-state index contributed by atoms with van der Waals surface area (Å²) in [5.41, 5.74) is 1.18. The van der Waals surface area contributed by atoms with Crippen molar-refractivity contribution in [3.8, 4) is 11.5 Å². The van der Waals surface area contributed by atoms with Gasteiger partial charge >= 0.3 is 0 Å². The molecule has 0 unspecified atom stereocenters. The second-order valence-electron chi connectivity index (χ2n) is 5.30. The lowest BCUT2D eigenvalue weighted by molar-refractivity contribution is 0.294. The Labute approximate surface area is 147 Å². The van der Waals surface area contributed by atoms with Crippen molar-refractivity contribution < 1.29 is 9.47 Å². The minimum Gasteiger partial charge on any atom is -0.493 e. The van der Waals surface area contributed by atoms with Gasteiger partial charge < -0.3 is 14.8 Å². The average molecular weight is 351 g/mol. The Bertz CT molecular complexity index is 620. The minimum absolute atomic E-state index is 0.701. The summed E-state index contributed by atoms with van der Waals surface area (Å²) in [6.45, 7) is 4.53. The number of thioether (sulfide) groups is 1. The molecule has 132 valence electrons. The van der Waals surface area contributed by atoms with Gasteiger partial charge in [-0.2, -0.15) is 0 Å². The molecule has 2 aromatic rings. The van der Waals surface area contributed by atoms with Crippen LogP contribution in [0, 0.1) is 0 Å². The van der Waals surface area contributed by atoms with Gasteiger partial charge in [0.15, 0.2) is 11.5 Å². The molecular formula is C16H25N5O2S. The summed E-state index contributed by atoms with van der Waals surface area (Å²) in [6.07, 6.45) is 2.03. The third-order valence-corrected chi connectivity index (χ3v) is 4.43. The Morgan fingerprint density at radius 3 is 2.88 bits per heavy atom. The standard InChI is InChI=1S/C16H25N5O2S/c1-4-9-23-14-7-6-13(11-15(14)22-3)12-17-8-5-10-24-16-18-19-20-21(16)2/h6-7,11,17H,4-5,8-10,12H2,1-3H3. The van der Waals surface area contributed by atoms with Crippen molar-refractivity contribution >= 4 is 11.8 Å². The molecule has 1 aromatic carbocycles. The summed E-state index contributed by atoms with van der Waals surface area (Å²) < 4.78 is 12.8. The fourth-order valence-corrected chi connectivity index (χ4v) is 2.88. The predicted octanol–water partition coefficient (Wildman–Crippen LogP) is 2.28. The topological polar surface area (TPSA) is 74.1 Å². The van der Waals surface area contributed by atoms with Gasteiger partial charge in [-0.05, 0) is 47.5 Å². The maximum absolute atomic E-state index is 5.67. The van der Waals surface area contributed by atoms with Gasteiger partial charge in [0.2, 0.25) is 5.16 Å². The second-order valence-corrected chi connectivity index (χ2v) is 6.36. The van der Waals surface area contributed by atoms with Gasteiger partial charge in [-0.1, -0.05) is 24.8 Å². The average Bonchev–Trinajstić information content (AvgIpc) is 3.01. The van der Waals surface area contributed by atoms with Gasteiger partial charge in [0, 0.05) is 19.3 Å². The zero-order valence-corrected chi connectivity index (χ0v) is 15.3. The van der Waals surface area contributed by atoms with Crippen LogP contribution in [0.1, 0.15) is 25.3 Å². The van der Waals surface area contributed by atoms with E-state index in [-0.39, 0.29) is 0 Å². The molecule has 0 bridgehead atoms. The molecule has 0 spiro atoms. The van der Waals surface area contributed by atoms with E-state index >= 15 is 0 Å². The van der Waals surface area contributed by atoms with Crippen molar-refractivity contribution in [3.63, 3.8) is 0 Å². The van der Waals surface area contributed by atoms with E-state index in [9.17, 15) is 0 Å². The molecule has 0 atom stereocenters. The zero-order valence-electron chi connectivity index (χ0n) is 14.5. The molecular weight excluding hydrogens is 326 g/mol. The number of hydrogen-bond donors (Lipinski definition) is 1. The molecule has 7 nitrogen and oxygen atoms in total. The molecule has 0 aliphatic heterocycles. The number of methoxy groups -OCH3 is 1. The van der Waals surface area contributed by atoms with E-state index < -0.39 is 0 Å². The van der Waals surface area contributed by atoms with Crippen molar-refractivity contribution in [2.75, 3.05) is 26.0 Å². The zero-order chi connectivity index (χ0) is 17.2. The van der Waals surface area contributed by atoms with Gasteiger partial charge in [0.05, 0.1) is 13.7 Å². The number of hydrogen-bond acceptors (Lipinski definition) is 7. The van der Waals surface area contributed by atoms with Crippen LogP contribution in [0.4, 0.5) is 0 Å². The minimum atomic E-state index is 0.701. The van der Waals surface area contributed by atoms with Crippen LogP contribution in [-0.4, -0.2) is 46.2 Å². The van der Waals surface area contributed by atoms with Crippen LogP contribution in [-0.2, 0) is 13.6 Å². The largest absolute Gasteiger partial charge is 0.493 e. The van der Waals surface area contributed by atoms with Gasteiger partial charge in [-0.15, -0.1) is 5.10 Å². The van der Waals surface area contributed by atoms with E-state index in [2.05, 4.69) is 33.8 Å². The van der Waals surface area contributed by atoms with Crippen LogP contribution < -0.4 is 14.8 Å². The highest BCUT2D eigenvalue weighted by molar-refractivity contribution is 7.99. The van der Waals surface area contributed by atoms with E-state index in [1.165, 1.54) is 5.56 Å². The Morgan fingerprint density at radius 2 is 2.17 bits per heavy atom. The third-order valence-electron chi connectivity index (χ3n) is 3.33. The molecule has 0 aliphatic rings. The van der Waals surface area contributed by atoms with Crippen molar-refractivity contribution in [1.29, 1.82) is 0 Å². The van der Waals surface area contributed by atoms with Crippen molar-refractivity contribution in [3.05, 3.63) is 23.8 Å². The number of rotatable bonds is 11. The van der Waals surface area contributed by atoms with E-state index in [1.54, 1.807) is 23.6 Å². The number of nitrogens with zero attached hydrogens (tertiary/aromatic N) is 4. The summed E-state index contributed by atoms with van der Waals surface area (Å²) in [6, 6.07) is 6.07. The lowest BCUT2D eigenvalue weighted by Gasteiger charge is -2.12. The van der Waals surface area contributed by atoms with E-state index in [1.807, 2.05) is 19.2 Å². The monoisotopic (exact) mass is 351 g/mol. The van der Waals surface area contributed by atoms with E-state index in [0.717, 1.165) is 48.3 Å². The fraction of sp³-hybridized carbons (Fsp3) is 0.562. The van der Waals surface area contributed by atoms with E-state index in [4.69, 9.17) is 9.47 Å². The van der Waals surface area contributed by atoms with Crippen molar-refractivity contribution in [1.82, 2.24) is 25.5 Å². The highest BCUT2D eigenvalue weighted by Gasteiger charge is 2.06. The number of tetrazole rings is 1. The first kappa shape index (κ1) is 18.5. The van der Waals surface area contributed by atoms with Gasteiger partial charge in [-0.25, -0.2) is 4.68 Å². The summed E-state index contributed by atoms with van der Waals surface area (Å²) in [5, 5.41) is 15.7. The molecule has 8 heteroatoms. The summed E-state index contributed by atoms with van der Waals surface area (Å²) in [4.78, 5) is 0. The Kier molecular flexibility index (Phi) is 7.84. The molecule has 24 heavy (non-hydrogen) atoms. The normalized spacial score (nSPS) is 10.8. The second kappa shape index (κ2) is 10.1. The molecule has 1 heterocycles. The first-order valence-corrected chi connectivity index (χ1v) is 9.08. The summed E-state index contributed by atoms with van der Waals surface area (Å²) in [7, 11) is 3.52. The summed E-state index contributed by atoms with van der Waals surface area (Å²) in [5.74, 6) is 2.57. The molecule has 2 rings (SSSR count). The number of aryl methyl sites for hydroxylation is 1. The van der Waals surface area contributed by atoms with Gasteiger partial charge in [-0.3, -0.25) is 0 Å². The lowest BCUT2D eigenvalue weighted by Crippen LogP contribution is -2.15. The first-order valence-electron chi connectivity index (χ1n) is 8.10. The Hall–Kier alpha value is -1.80. The Morgan fingerprint density at radius 1 is 1.29 bits per heavy atom. The smallest absolute Gasteiger partial charge is 0.209 e. The predicted molar refractivity (Wildman–Crippen MR) is 94.6 cm³/mol. The van der Waals surface area contributed by atoms with Crippen molar-refractivity contribution in [2.45, 2.75) is 31.5 Å². The van der Waals surface area contributed by atoms with Crippen LogP contribution in [0.3, 0.4) is 0 Å². The van der Waals surface area contributed by atoms with Crippen LogP contribution in [0.2, 0.25) is 0 Å². The lowest BCUT2D eigenvalue weighted by atomic mass is 10.2. The van der Waals surface area contributed by atoms with Crippen LogP contribution in [0.25, 0.3) is 0 Å². The number of ether oxygens (including phenoxy) is 2. The SMILES string of the molecule is CCCOc1ccc(CNCCCSc2nnnn2C)cc1OC. The highest BCUT2D eigenvalue weighted by Crippen LogP contribution is 2.28. The van der Waals surface area contributed by atoms with Crippen LogP contribution in [0.5, 0.6) is 11.5 Å². The van der Waals surface area contributed by atoms with E-state index in [0.29, 0.717) is 6.61 Å². The first-order chi connectivity index (χ1) is 11.7. The fourth-order valence-electron chi connectivity index (χ4n) is 2.09.